The minimum Gasteiger partial charge on any atom is -0.359 e. The Kier molecular flexibility index (Phi) is 11.6. The SMILES string of the molecule is NC#CCCCCc1cccc2ccccc12.NC#CCCCCc1ccccc1Cl. The van der Waals surface area contributed by atoms with Crippen LogP contribution in [0, 0.1) is 23.9 Å². The van der Waals surface area contributed by atoms with Gasteiger partial charge in [-0.1, -0.05) is 84.1 Å². The van der Waals surface area contributed by atoms with Crippen molar-refractivity contribution >= 4 is 22.4 Å². The molecule has 3 heteroatoms. The zero-order valence-corrected chi connectivity index (χ0v) is 18.8. The highest BCUT2D eigenvalue weighted by molar-refractivity contribution is 6.31. The lowest BCUT2D eigenvalue weighted by Crippen LogP contribution is -1.88. The van der Waals surface area contributed by atoms with Crippen molar-refractivity contribution in [3.05, 3.63) is 82.9 Å². The monoisotopic (exact) mass is 430 g/mol. The fourth-order valence-corrected chi connectivity index (χ4v) is 3.64. The van der Waals surface area contributed by atoms with Gasteiger partial charge < -0.3 is 11.5 Å². The summed E-state index contributed by atoms with van der Waals surface area (Å²) in [6, 6.07) is 27.9. The minimum atomic E-state index is 0.859. The molecule has 0 fully saturated rings. The first kappa shape index (κ1) is 24.2. The lowest BCUT2D eigenvalue weighted by atomic mass is 10.00. The van der Waals surface area contributed by atoms with Crippen LogP contribution in [0.1, 0.15) is 49.7 Å². The van der Waals surface area contributed by atoms with Crippen LogP contribution < -0.4 is 11.5 Å². The number of aryl methyl sites for hydroxylation is 2. The van der Waals surface area contributed by atoms with E-state index < -0.39 is 0 Å². The highest BCUT2D eigenvalue weighted by atomic mass is 35.5. The molecule has 0 aliphatic heterocycles. The number of hydrogen-bond acceptors (Lipinski definition) is 2. The molecule has 3 aromatic carbocycles. The Balaban J connectivity index is 0.000000225. The molecule has 0 aliphatic rings. The van der Waals surface area contributed by atoms with Crippen LogP contribution in [0.5, 0.6) is 0 Å². The van der Waals surface area contributed by atoms with Gasteiger partial charge in [0.1, 0.15) is 0 Å². The molecule has 3 aromatic rings. The maximum absolute atomic E-state index is 6.02. The summed E-state index contributed by atoms with van der Waals surface area (Å²) in [5.41, 5.74) is 12.9. The highest BCUT2D eigenvalue weighted by Crippen LogP contribution is 2.20. The highest BCUT2D eigenvalue weighted by Gasteiger charge is 1.99. The Morgan fingerprint density at radius 3 is 1.84 bits per heavy atom. The Morgan fingerprint density at radius 1 is 0.613 bits per heavy atom. The summed E-state index contributed by atoms with van der Waals surface area (Å²) >= 11 is 6.02. The number of halogens is 1. The molecule has 31 heavy (non-hydrogen) atoms. The molecule has 4 N–H and O–H groups in total. The lowest BCUT2D eigenvalue weighted by Gasteiger charge is -2.05. The van der Waals surface area contributed by atoms with Crippen LogP contribution >= 0.6 is 11.6 Å². The van der Waals surface area contributed by atoms with Crippen LogP contribution in [-0.2, 0) is 12.8 Å². The number of hydrogen-bond donors (Lipinski definition) is 2. The van der Waals surface area contributed by atoms with Gasteiger partial charge in [-0.25, -0.2) is 0 Å². The fraction of sp³-hybridized carbons (Fsp3) is 0.286. The number of rotatable bonds is 8. The molecule has 160 valence electrons. The second kappa shape index (κ2) is 14.8. The van der Waals surface area contributed by atoms with E-state index in [-0.39, 0.29) is 0 Å². The van der Waals surface area contributed by atoms with E-state index in [1.165, 1.54) is 28.3 Å². The van der Waals surface area contributed by atoms with Crippen molar-refractivity contribution in [3.8, 4) is 23.9 Å². The van der Waals surface area contributed by atoms with Crippen molar-refractivity contribution in [2.24, 2.45) is 11.5 Å². The maximum Gasteiger partial charge on any atom is 0.0437 e. The van der Waals surface area contributed by atoms with Gasteiger partial charge in [-0.15, -0.1) is 0 Å². The molecule has 0 heterocycles. The van der Waals surface area contributed by atoms with E-state index in [0.717, 1.165) is 50.0 Å². The van der Waals surface area contributed by atoms with Crippen molar-refractivity contribution in [3.63, 3.8) is 0 Å². The van der Waals surface area contributed by atoms with Gasteiger partial charge in [-0.3, -0.25) is 0 Å². The van der Waals surface area contributed by atoms with Gasteiger partial charge in [-0.2, -0.15) is 0 Å². The van der Waals surface area contributed by atoms with Crippen LogP contribution in [0.4, 0.5) is 0 Å². The first-order chi connectivity index (χ1) is 15.3. The molecule has 0 saturated carbocycles. The molecule has 3 rings (SSSR count). The number of benzene rings is 3. The van der Waals surface area contributed by atoms with Gasteiger partial charge >= 0.3 is 0 Å². The summed E-state index contributed by atoms with van der Waals surface area (Å²) in [7, 11) is 0. The van der Waals surface area contributed by atoms with Gasteiger partial charge in [0.2, 0.25) is 0 Å². The van der Waals surface area contributed by atoms with Gasteiger partial charge in [0.25, 0.3) is 0 Å². The number of unbranched alkanes of at least 4 members (excludes halogenated alkanes) is 4. The van der Waals surface area contributed by atoms with Crippen LogP contribution in [0.2, 0.25) is 5.02 Å². The second-order valence-electron chi connectivity index (χ2n) is 7.29. The molecule has 0 bridgehead atoms. The Morgan fingerprint density at radius 2 is 1.16 bits per heavy atom. The Bertz CT molecular complexity index is 1050. The van der Waals surface area contributed by atoms with E-state index in [1.807, 2.05) is 18.2 Å². The summed E-state index contributed by atoms with van der Waals surface area (Å²) in [6.07, 6.45) is 8.39. The smallest absolute Gasteiger partial charge is 0.0437 e. The number of nitrogens with two attached hydrogens (primary N) is 2. The van der Waals surface area contributed by atoms with Crippen molar-refractivity contribution in [2.75, 3.05) is 0 Å². The van der Waals surface area contributed by atoms with E-state index in [4.69, 9.17) is 23.1 Å². The standard InChI is InChI=1S/C16H17N.C12H14ClN/c17-13-6-2-1-3-8-14-10-7-11-15-9-4-5-12-16(14)15;13-12-9-5-4-8-11(12)7-3-1-2-6-10-14/h4-5,7,9-12H,1-3,8,17H2;4-5,8-9H,1-3,7,14H2. The third kappa shape index (κ3) is 9.08. The van der Waals surface area contributed by atoms with Gasteiger partial charge in [-0.05, 0) is 66.5 Å². The van der Waals surface area contributed by atoms with E-state index in [9.17, 15) is 0 Å². The third-order valence-corrected chi connectivity index (χ3v) is 5.41. The average Bonchev–Trinajstić information content (AvgIpc) is 2.80. The summed E-state index contributed by atoms with van der Waals surface area (Å²) in [5, 5.41) is 3.56. The van der Waals surface area contributed by atoms with Crippen molar-refractivity contribution < 1.29 is 0 Å². The average molecular weight is 431 g/mol. The van der Waals surface area contributed by atoms with E-state index in [2.05, 4.69) is 72.5 Å². The summed E-state index contributed by atoms with van der Waals surface area (Å²) < 4.78 is 0. The molecule has 0 atom stereocenters. The van der Waals surface area contributed by atoms with Crippen molar-refractivity contribution in [2.45, 2.75) is 51.4 Å². The normalized spacial score (nSPS) is 9.58. The van der Waals surface area contributed by atoms with Crippen LogP contribution in [0.3, 0.4) is 0 Å². The number of fused-ring (bicyclic) bond motifs is 1. The second-order valence-corrected chi connectivity index (χ2v) is 7.69. The molecule has 0 amide bonds. The Labute approximate surface area is 192 Å². The summed E-state index contributed by atoms with van der Waals surface area (Å²) in [5.74, 6) is 5.74. The molecule has 0 saturated heterocycles. The first-order valence-corrected chi connectivity index (χ1v) is 11.2. The molecule has 0 spiro atoms. The quantitative estimate of drug-likeness (QED) is 0.245. The van der Waals surface area contributed by atoms with Crippen LogP contribution in [0.15, 0.2) is 66.7 Å². The van der Waals surface area contributed by atoms with E-state index in [1.54, 1.807) is 0 Å². The van der Waals surface area contributed by atoms with Crippen LogP contribution in [0.25, 0.3) is 10.8 Å². The predicted octanol–water partition coefficient (Wildman–Crippen LogP) is 6.44. The molecular formula is C28H31ClN2. The van der Waals surface area contributed by atoms with Gasteiger partial charge in [0.15, 0.2) is 0 Å². The van der Waals surface area contributed by atoms with Crippen LogP contribution in [-0.4, -0.2) is 0 Å². The van der Waals surface area contributed by atoms with Gasteiger partial charge in [0, 0.05) is 30.0 Å². The molecule has 0 radical (unpaired) electrons. The zero-order chi connectivity index (χ0) is 22.2. The van der Waals surface area contributed by atoms with E-state index >= 15 is 0 Å². The summed E-state index contributed by atoms with van der Waals surface area (Å²) in [6.45, 7) is 0. The maximum atomic E-state index is 6.02. The largest absolute Gasteiger partial charge is 0.359 e. The zero-order valence-electron chi connectivity index (χ0n) is 18.0. The fourth-order valence-electron chi connectivity index (χ4n) is 3.41. The molecule has 2 nitrogen and oxygen atoms in total. The third-order valence-electron chi connectivity index (χ3n) is 5.04. The molecule has 0 aromatic heterocycles. The topological polar surface area (TPSA) is 52.0 Å². The Hall–Kier alpha value is -3.07. The van der Waals surface area contributed by atoms with Crippen molar-refractivity contribution in [1.29, 1.82) is 0 Å². The molecule has 0 unspecified atom stereocenters. The molecular weight excluding hydrogens is 400 g/mol. The lowest BCUT2D eigenvalue weighted by molar-refractivity contribution is 0.756. The van der Waals surface area contributed by atoms with Gasteiger partial charge in [0.05, 0.1) is 0 Å². The summed E-state index contributed by atoms with van der Waals surface area (Å²) in [4.78, 5) is 0. The predicted molar refractivity (Wildman–Crippen MR) is 134 cm³/mol. The van der Waals surface area contributed by atoms with Crippen molar-refractivity contribution in [1.82, 2.24) is 0 Å². The minimum absolute atomic E-state index is 0.859. The molecule has 0 aliphatic carbocycles. The first-order valence-electron chi connectivity index (χ1n) is 10.8. The van der Waals surface area contributed by atoms with E-state index in [0.29, 0.717) is 0 Å².